The Labute approximate surface area is 125 Å². The summed E-state index contributed by atoms with van der Waals surface area (Å²) in [6.07, 6.45) is 6.14. The Balaban J connectivity index is 2.03. The smallest absolute Gasteiger partial charge is 0.0995 e. The van der Waals surface area contributed by atoms with E-state index in [1.807, 2.05) is 24.7 Å². The maximum Gasteiger partial charge on any atom is 0.0995 e. The van der Waals surface area contributed by atoms with Crippen molar-refractivity contribution in [1.82, 2.24) is 14.9 Å². The molecule has 1 aromatic heterocycles. The first-order valence-corrected chi connectivity index (χ1v) is 7.42. The third-order valence-electron chi connectivity index (χ3n) is 3.25. The molecule has 1 aliphatic heterocycles. The van der Waals surface area contributed by atoms with Crippen LogP contribution in [0.5, 0.6) is 0 Å². The largest absolute Gasteiger partial charge is 0.309 e. The fourth-order valence-electron chi connectivity index (χ4n) is 2.38. The SMILES string of the molecule is Clc1cc(I)ccc1-n1cncc1[C@@H]1CCCN1. The van der Waals surface area contributed by atoms with Gasteiger partial charge in [-0.1, -0.05) is 11.6 Å². The topological polar surface area (TPSA) is 29.9 Å². The van der Waals surface area contributed by atoms with E-state index in [2.05, 4.69) is 43.5 Å². The predicted molar refractivity (Wildman–Crippen MR) is 81.3 cm³/mol. The summed E-state index contributed by atoms with van der Waals surface area (Å²) in [5.41, 5.74) is 2.19. The quantitative estimate of drug-likeness (QED) is 0.816. The van der Waals surface area contributed by atoms with Crippen LogP contribution in [0.2, 0.25) is 5.02 Å². The van der Waals surface area contributed by atoms with Crippen molar-refractivity contribution >= 4 is 34.2 Å². The number of halogens is 2. The molecule has 2 aromatic rings. The van der Waals surface area contributed by atoms with Gasteiger partial charge in [0.25, 0.3) is 0 Å². The maximum absolute atomic E-state index is 6.33. The molecule has 0 spiro atoms. The van der Waals surface area contributed by atoms with E-state index in [4.69, 9.17) is 11.6 Å². The minimum Gasteiger partial charge on any atom is -0.309 e. The first-order chi connectivity index (χ1) is 8.75. The molecule has 0 unspecified atom stereocenters. The molecule has 1 saturated heterocycles. The van der Waals surface area contributed by atoms with Crippen molar-refractivity contribution in [1.29, 1.82) is 0 Å². The lowest BCUT2D eigenvalue weighted by molar-refractivity contribution is 0.615. The Morgan fingerprint density at radius 1 is 1.44 bits per heavy atom. The van der Waals surface area contributed by atoms with Gasteiger partial charge in [-0.2, -0.15) is 0 Å². The summed E-state index contributed by atoms with van der Waals surface area (Å²) in [7, 11) is 0. The number of nitrogens with zero attached hydrogens (tertiary/aromatic N) is 2. The number of aromatic nitrogens is 2. The molecular formula is C13H13ClIN3. The van der Waals surface area contributed by atoms with Crippen LogP contribution in [0.15, 0.2) is 30.7 Å². The second kappa shape index (κ2) is 5.19. The third kappa shape index (κ3) is 2.29. The van der Waals surface area contributed by atoms with Crippen LogP contribution in [0.3, 0.4) is 0 Å². The van der Waals surface area contributed by atoms with Crippen LogP contribution in [0, 0.1) is 3.57 Å². The zero-order valence-corrected chi connectivity index (χ0v) is 12.6. The molecule has 0 radical (unpaired) electrons. The van der Waals surface area contributed by atoms with Gasteiger partial charge >= 0.3 is 0 Å². The number of nitrogens with one attached hydrogen (secondary N) is 1. The van der Waals surface area contributed by atoms with Gasteiger partial charge in [-0.15, -0.1) is 0 Å². The highest BCUT2D eigenvalue weighted by atomic mass is 127. The first-order valence-electron chi connectivity index (χ1n) is 5.97. The molecule has 1 fully saturated rings. The van der Waals surface area contributed by atoms with Gasteiger partial charge in [0, 0.05) is 9.61 Å². The summed E-state index contributed by atoms with van der Waals surface area (Å²) >= 11 is 8.59. The fourth-order valence-corrected chi connectivity index (χ4v) is 3.32. The number of hydrogen-bond acceptors (Lipinski definition) is 2. The summed E-state index contributed by atoms with van der Waals surface area (Å²) in [6, 6.07) is 6.48. The summed E-state index contributed by atoms with van der Waals surface area (Å²) in [5.74, 6) is 0. The van der Waals surface area contributed by atoms with Crippen molar-refractivity contribution in [2.24, 2.45) is 0 Å². The zero-order chi connectivity index (χ0) is 12.5. The lowest BCUT2D eigenvalue weighted by Gasteiger charge is -2.15. The van der Waals surface area contributed by atoms with Crippen LogP contribution in [0.25, 0.3) is 5.69 Å². The Hall–Kier alpha value is -0.590. The van der Waals surface area contributed by atoms with Gasteiger partial charge in [-0.25, -0.2) is 4.98 Å². The summed E-state index contributed by atoms with van der Waals surface area (Å²) < 4.78 is 3.23. The van der Waals surface area contributed by atoms with E-state index in [0.29, 0.717) is 6.04 Å². The highest BCUT2D eigenvalue weighted by Gasteiger charge is 2.20. The highest BCUT2D eigenvalue weighted by Crippen LogP contribution is 2.29. The molecule has 2 heterocycles. The van der Waals surface area contributed by atoms with E-state index in [-0.39, 0.29) is 0 Å². The second-order valence-electron chi connectivity index (χ2n) is 4.43. The van der Waals surface area contributed by atoms with Crippen molar-refractivity contribution in [2.75, 3.05) is 6.54 Å². The number of hydrogen-bond donors (Lipinski definition) is 1. The predicted octanol–water partition coefficient (Wildman–Crippen LogP) is 3.55. The van der Waals surface area contributed by atoms with Gasteiger partial charge < -0.3 is 9.88 Å². The monoisotopic (exact) mass is 373 g/mol. The highest BCUT2D eigenvalue weighted by molar-refractivity contribution is 14.1. The Kier molecular flexibility index (Phi) is 3.59. The van der Waals surface area contributed by atoms with E-state index in [1.54, 1.807) is 0 Å². The van der Waals surface area contributed by atoms with Crippen LogP contribution in [-0.4, -0.2) is 16.1 Å². The normalized spacial score (nSPS) is 19.3. The van der Waals surface area contributed by atoms with E-state index in [1.165, 1.54) is 12.1 Å². The van der Waals surface area contributed by atoms with Crippen LogP contribution < -0.4 is 5.32 Å². The van der Waals surface area contributed by atoms with E-state index >= 15 is 0 Å². The van der Waals surface area contributed by atoms with Crippen molar-refractivity contribution in [3.05, 3.63) is 45.0 Å². The molecule has 1 aliphatic rings. The van der Waals surface area contributed by atoms with Gasteiger partial charge in [0.1, 0.15) is 0 Å². The molecule has 1 N–H and O–H groups in total. The molecule has 94 valence electrons. The van der Waals surface area contributed by atoms with Crippen LogP contribution >= 0.6 is 34.2 Å². The fraction of sp³-hybridized carbons (Fsp3) is 0.308. The Morgan fingerprint density at radius 3 is 3.06 bits per heavy atom. The molecule has 3 nitrogen and oxygen atoms in total. The molecule has 5 heteroatoms. The van der Waals surface area contributed by atoms with Gasteiger partial charge in [-0.05, 0) is 60.2 Å². The molecule has 18 heavy (non-hydrogen) atoms. The Morgan fingerprint density at radius 2 is 2.33 bits per heavy atom. The van der Waals surface area contributed by atoms with E-state index in [0.717, 1.165) is 27.2 Å². The summed E-state index contributed by atoms with van der Waals surface area (Å²) in [4.78, 5) is 4.27. The number of benzene rings is 1. The van der Waals surface area contributed by atoms with Crippen LogP contribution in [0.4, 0.5) is 0 Å². The molecule has 0 saturated carbocycles. The van der Waals surface area contributed by atoms with Gasteiger partial charge in [0.05, 0.1) is 28.9 Å². The zero-order valence-electron chi connectivity index (χ0n) is 9.74. The third-order valence-corrected chi connectivity index (χ3v) is 4.23. The average Bonchev–Trinajstić information content (AvgIpc) is 2.98. The number of rotatable bonds is 2. The average molecular weight is 374 g/mol. The lowest BCUT2D eigenvalue weighted by Crippen LogP contribution is -2.16. The van der Waals surface area contributed by atoms with Gasteiger partial charge in [0.2, 0.25) is 0 Å². The lowest BCUT2D eigenvalue weighted by atomic mass is 10.1. The van der Waals surface area contributed by atoms with Crippen LogP contribution in [-0.2, 0) is 0 Å². The molecule has 1 atom stereocenters. The minimum atomic E-state index is 0.392. The second-order valence-corrected chi connectivity index (χ2v) is 6.09. The van der Waals surface area contributed by atoms with E-state index < -0.39 is 0 Å². The maximum atomic E-state index is 6.33. The van der Waals surface area contributed by atoms with Crippen molar-refractivity contribution in [3.63, 3.8) is 0 Å². The van der Waals surface area contributed by atoms with Crippen molar-refractivity contribution in [3.8, 4) is 5.69 Å². The molecule has 0 amide bonds. The molecule has 0 bridgehead atoms. The summed E-state index contributed by atoms with van der Waals surface area (Å²) in [6.45, 7) is 1.08. The van der Waals surface area contributed by atoms with Crippen LogP contribution in [0.1, 0.15) is 24.6 Å². The Bertz CT molecular complexity index is 561. The van der Waals surface area contributed by atoms with Gasteiger partial charge in [0.15, 0.2) is 0 Å². The minimum absolute atomic E-state index is 0.392. The first kappa shape index (κ1) is 12.4. The number of imidazole rings is 1. The van der Waals surface area contributed by atoms with Crippen molar-refractivity contribution in [2.45, 2.75) is 18.9 Å². The summed E-state index contributed by atoms with van der Waals surface area (Å²) in [5, 5.41) is 4.26. The van der Waals surface area contributed by atoms with Gasteiger partial charge in [-0.3, -0.25) is 0 Å². The van der Waals surface area contributed by atoms with E-state index in [9.17, 15) is 0 Å². The van der Waals surface area contributed by atoms with Crippen molar-refractivity contribution < 1.29 is 0 Å². The molecule has 3 rings (SSSR count). The molecule has 0 aliphatic carbocycles. The standard InChI is InChI=1S/C13H13ClIN3/c14-10-6-9(15)3-4-12(10)18-8-16-7-13(18)11-2-1-5-17-11/h3-4,6-8,11,17H,1-2,5H2/t11-/m0/s1. The molecular weight excluding hydrogens is 361 g/mol. The molecule has 1 aromatic carbocycles.